The predicted octanol–water partition coefficient (Wildman–Crippen LogP) is 2.21. The third kappa shape index (κ3) is 3.17. The lowest BCUT2D eigenvalue weighted by atomic mass is 9.74. The molecule has 2 fully saturated rings. The molecule has 0 saturated carbocycles. The number of hydrogen-bond acceptors (Lipinski definition) is 6. The van der Waals surface area contributed by atoms with Gasteiger partial charge >= 0.3 is 5.97 Å². The van der Waals surface area contributed by atoms with E-state index in [2.05, 4.69) is 0 Å². The lowest BCUT2D eigenvalue weighted by Crippen LogP contribution is -2.56. The Morgan fingerprint density at radius 1 is 1.00 bits per heavy atom. The molecule has 2 saturated heterocycles. The van der Waals surface area contributed by atoms with Crippen LogP contribution in [0.3, 0.4) is 0 Å². The Kier molecular flexibility index (Phi) is 5.28. The Bertz CT molecular complexity index is 1320. The number of rotatable bonds is 3. The smallest absolute Gasteiger partial charge is 0.313 e. The number of carbonyl (C=O) groups excluding carboxylic acids is 3. The molecule has 1 spiro atoms. The number of benzene rings is 2. The van der Waals surface area contributed by atoms with E-state index in [-0.39, 0.29) is 38.1 Å². The summed E-state index contributed by atoms with van der Waals surface area (Å²) in [5, 5.41) is 11.8. The average molecular weight is 489 g/mol. The third-order valence-electron chi connectivity index (χ3n) is 7.91. The van der Waals surface area contributed by atoms with Crippen LogP contribution in [-0.2, 0) is 23.9 Å². The van der Waals surface area contributed by atoms with Crippen molar-refractivity contribution >= 4 is 34.2 Å². The molecular formula is C28H28N2O6. The van der Waals surface area contributed by atoms with Gasteiger partial charge in [0.25, 0.3) is 5.91 Å². The molecule has 0 bridgehead atoms. The van der Waals surface area contributed by atoms with Crippen molar-refractivity contribution in [3.8, 4) is 0 Å². The van der Waals surface area contributed by atoms with E-state index in [0.717, 1.165) is 10.8 Å². The summed E-state index contributed by atoms with van der Waals surface area (Å²) in [4.78, 5) is 44.3. The Labute approximate surface area is 208 Å². The first-order valence-corrected chi connectivity index (χ1v) is 12.3. The van der Waals surface area contributed by atoms with Gasteiger partial charge in [-0.15, -0.1) is 0 Å². The van der Waals surface area contributed by atoms with E-state index in [0.29, 0.717) is 12.1 Å². The van der Waals surface area contributed by atoms with Crippen molar-refractivity contribution < 1.29 is 29.0 Å². The van der Waals surface area contributed by atoms with Crippen molar-refractivity contribution in [1.29, 1.82) is 0 Å². The molecule has 1 N–H and O–H groups in total. The van der Waals surface area contributed by atoms with Crippen molar-refractivity contribution in [1.82, 2.24) is 4.90 Å². The molecule has 4 aliphatic heterocycles. The van der Waals surface area contributed by atoms with Gasteiger partial charge in [0.1, 0.15) is 17.6 Å². The van der Waals surface area contributed by atoms with Gasteiger partial charge in [0.15, 0.2) is 0 Å². The van der Waals surface area contributed by atoms with Gasteiger partial charge in [-0.05, 0) is 36.2 Å². The number of esters is 1. The van der Waals surface area contributed by atoms with Crippen molar-refractivity contribution in [3.05, 3.63) is 66.8 Å². The molecule has 4 aliphatic rings. The van der Waals surface area contributed by atoms with Gasteiger partial charge in [0, 0.05) is 18.8 Å². The van der Waals surface area contributed by atoms with Gasteiger partial charge in [0.05, 0.1) is 24.7 Å². The Morgan fingerprint density at radius 2 is 1.81 bits per heavy atom. The maximum absolute atomic E-state index is 14.3. The first kappa shape index (κ1) is 22.9. The van der Waals surface area contributed by atoms with Crippen LogP contribution in [-0.4, -0.2) is 71.3 Å². The normalized spacial score (nSPS) is 33.6. The van der Waals surface area contributed by atoms with Gasteiger partial charge in [-0.2, -0.15) is 0 Å². The zero-order chi connectivity index (χ0) is 25.1. The molecule has 2 aromatic rings. The van der Waals surface area contributed by atoms with Crippen molar-refractivity contribution in [2.45, 2.75) is 30.6 Å². The van der Waals surface area contributed by atoms with Crippen molar-refractivity contribution in [2.24, 2.45) is 11.8 Å². The summed E-state index contributed by atoms with van der Waals surface area (Å²) in [6.45, 7) is 1.94. The zero-order valence-corrected chi connectivity index (χ0v) is 20.0. The molecule has 36 heavy (non-hydrogen) atoms. The minimum absolute atomic E-state index is 0.0371. The predicted molar refractivity (Wildman–Crippen MR) is 132 cm³/mol. The van der Waals surface area contributed by atoms with Gasteiger partial charge in [-0.1, -0.05) is 54.6 Å². The van der Waals surface area contributed by atoms with Crippen LogP contribution in [0.1, 0.15) is 13.3 Å². The Hall–Kier alpha value is -3.49. The molecule has 6 rings (SSSR count). The number of carbonyl (C=O) groups is 3. The van der Waals surface area contributed by atoms with E-state index in [1.165, 1.54) is 4.90 Å². The van der Waals surface area contributed by atoms with E-state index in [1.807, 2.05) is 60.7 Å². The fourth-order valence-corrected chi connectivity index (χ4v) is 6.41. The summed E-state index contributed by atoms with van der Waals surface area (Å²) in [5.41, 5.74) is -1.76. The SMILES string of the molecule is C[C@@]12C=CCCOC(=O)[C@@H]1[C@H]1C(=O)N(CCO)C3C(=O)N(c4ccc5ccccc5c4)CC=C[C@@]31O2. The van der Waals surface area contributed by atoms with Crippen LogP contribution in [0.5, 0.6) is 0 Å². The molecule has 5 atom stereocenters. The molecular weight excluding hydrogens is 460 g/mol. The molecule has 1 unspecified atom stereocenters. The van der Waals surface area contributed by atoms with Gasteiger partial charge in [-0.25, -0.2) is 0 Å². The third-order valence-corrected chi connectivity index (χ3v) is 7.91. The number of amides is 2. The lowest BCUT2D eigenvalue weighted by Gasteiger charge is -2.37. The van der Waals surface area contributed by atoms with Crippen LogP contribution < -0.4 is 4.90 Å². The summed E-state index contributed by atoms with van der Waals surface area (Å²) in [7, 11) is 0. The molecule has 0 aromatic heterocycles. The topological polar surface area (TPSA) is 96.4 Å². The number of β-amino-alcohol motifs (C(OH)–C–C–N with tert-alkyl or cyclic N) is 1. The minimum Gasteiger partial charge on any atom is -0.465 e. The van der Waals surface area contributed by atoms with Crippen LogP contribution in [0.4, 0.5) is 5.69 Å². The minimum atomic E-state index is -1.36. The summed E-state index contributed by atoms with van der Waals surface area (Å²) in [5.74, 6) is -3.04. The molecule has 0 aliphatic carbocycles. The molecule has 0 radical (unpaired) electrons. The van der Waals surface area contributed by atoms with E-state index < -0.39 is 35.0 Å². The first-order chi connectivity index (χ1) is 17.4. The number of nitrogens with zero attached hydrogens (tertiary/aromatic N) is 2. The fourth-order valence-electron chi connectivity index (χ4n) is 6.41. The lowest BCUT2D eigenvalue weighted by molar-refractivity contribution is -0.159. The fraction of sp³-hybridized carbons (Fsp3) is 0.393. The van der Waals surface area contributed by atoms with Crippen molar-refractivity contribution in [2.75, 3.05) is 31.2 Å². The summed E-state index contributed by atoms with van der Waals surface area (Å²) in [6, 6.07) is 12.7. The van der Waals surface area contributed by atoms with E-state index in [1.54, 1.807) is 17.9 Å². The number of aliphatic hydroxyl groups is 1. The monoisotopic (exact) mass is 488 g/mol. The summed E-state index contributed by atoms with van der Waals surface area (Å²) >= 11 is 0. The second-order valence-electron chi connectivity index (χ2n) is 9.99. The second-order valence-corrected chi connectivity index (χ2v) is 9.99. The average Bonchev–Trinajstić information content (AvgIpc) is 3.17. The molecule has 2 aromatic carbocycles. The highest BCUT2D eigenvalue weighted by Gasteiger charge is 2.74. The van der Waals surface area contributed by atoms with Crippen LogP contribution in [0.25, 0.3) is 10.8 Å². The number of aliphatic hydroxyl groups excluding tert-OH is 1. The summed E-state index contributed by atoms with van der Waals surface area (Å²) in [6.07, 6.45) is 7.90. The quantitative estimate of drug-likeness (QED) is 0.526. The maximum atomic E-state index is 14.3. The van der Waals surface area contributed by atoms with E-state index in [4.69, 9.17) is 9.47 Å². The second kappa shape index (κ2) is 8.28. The van der Waals surface area contributed by atoms with Crippen LogP contribution >= 0.6 is 0 Å². The van der Waals surface area contributed by atoms with Crippen molar-refractivity contribution in [3.63, 3.8) is 0 Å². The molecule has 186 valence electrons. The Balaban J connectivity index is 1.48. The molecule has 8 nitrogen and oxygen atoms in total. The standard InChI is InChI=1S/C28H28N2O6/c1-27-11-4-5-16-35-26(34)22(27)21-24(32)30(14-15-31)23-25(33)29(13-6-12-28(21,23)36-27)20-10-9-18-7-2-3-8-19(18)17-20/h2-4,6-12,17,21-23,31H,5,13-16H2,1H3/t21-,22-,23?,27+,28-/m0/s1. The van der Waals surface area contributed by atoms with E-state index >= 15 is 0 Å². The highest BCUT2D eigenvalue weighted by atomic mass is 16.6. The number of ether oxygens (including phenoxy) is 2. The largest absolute Gasteiger partial charge is 0.465 e. The van der Waals surface area contributed by atoms with Gasteiger partial charge in [0.2, 0.25) is 5.91 Å². The zero-order valence-electron chi connectivity index (χ0n) is 20.0. The first-order valence-electron chi connectivity index (χ1n) is 12.3. The molecule has 8 heteroatoms. The maximum Gasteiger partial charge on any atom is 0.313 e. The molecule has 4 heterocycles. The van der Waals surface area contributed by atoms with Crippen LogP contribution in [0.2, 0.25) is 0 Å². The number of anilines is 1. The van der Waals surface area contributed by atoms with Gasteiger partial charge < -0.3 is 24.4 Å². The number of likely N-dealkylation sites (tertiary alicyclic amines) is 1. The van der Waals surface area contributed by atoms with Crippen LogP contribution in [0, 0.1) is 11.8 Å². The summed E-state index contributed by atoms with van der Waals surface area (Å²) < 4.78 is 12.1. The van der Waals surface area contributed by atoms with E-state index in [9.17, 15) is 19.5 Å². The number of hydrogen-bond donors (Lipinski definition) is 1. The molecule has 2 amide bonds. The highest BCUT2D eigenvalue weighted by molar-refractivity contribution is 6.06. The van der Waals surface area contributed by atoms with Gasteiger partial charge in [-0.3, -0.25) is 14.4 Å². The van der Waals surface area contributed by atoms with Crippen LogP contribution in [0.15, 0.2) is 66.8 Å². The number of fused-ring (bicyclic) bond motifs is 3. The highest BCUT2D eigenvalue weighted by Crippen LogP contribution is 2.57. The Morgan fingerprint density at radius 3 is 2.61 bits per heavy atom. The number of cyclic esters (lactones) is 1.